The highest BCUT2D eigenvalue weighted by Gasteiger charge is 2.18. The molecule has 0 amide bonds. The summed E-state index contributed by atoms with van der Waals surface area (Å²) in [5.41, 5.74) is 4.65. The smallest absolute Gasteiger partial charge is 0.113 e. The molecule has 0 aliphatic rings. The zero-order chi connectivity index (χ0) is 8.91. The molecule has 0 heterocycles. The highest BCUT2D eigenvalue weighted by atomic mass is 16.3. The van der Waals surface area contributed by atoms with Crippen LogP contribution in [0.15, 0.2) is 0 Å². The standard InChI is InChI=1S/C9H21NO/c1-4-8(3)6-7-9(10,11)5-2/h8,11H,4-7,10H2,1-3H3. The molecule has 3 N–H and O–H groups in total. The first-order valence-electron chi connectivity index (χ1n) is 4.53. The van der Waals surface area contributed by atoms with Gasteiger partial charge in [0.05, 0.1) is 0 Å². The third-order valence-electron chi connectivity index (χ3n) is 2.38. The van der Waals surface area contributed by atoms with Crippen LogP contribution in [0.3, 0.4) is 0 Å². The van der Waals surface area contributed by atoms with E-state index in [2.05, 4.69) is 13.8 Å². The predicted octanol–water partition coefficient (Wildman–Crippen LogP) is 1.87. The van der Waals surface area contributed by atoms with Gasteiger partial charge in [0.15, 0.2) is 0 Å². The van der Waals surface area contributed by atoms with Gasteiger partial charge in [0.2, 0.25) is 0 Å². The Balaban J connectivity index is 3.52. The zero-order valence-corrected chi connectivity index (χ0v) is 7.93. The molecule has 0 radical (unpaired) electrons. The first-order chi connectivity index (χ1) is 5.02. The summed E-state index contributed by atoms with van der Waals surface area (Å²) in [5.74, 6) is 0.677. The maximum absolute atomic E-state index is 9.45. The Hall–Kier alpha value is -0.0800. The van der Waals surface area contributed by atoms with Crippen LogP contribution in [0.1, 0.15) is 46.5 Å². The molecule has 2 unspecified atom stereocenters. The van der Waals surface area contributed by atoms with Crippen LogP contribution in [0.2, 0.25) is 0 Å². The normalized spacial score (nSPS) is 19.4. The van der Waals surface area contributed by atoms with E-state index >= 15 is 0 Å². The molecule has 2 atom stereocenters. The van der Waals surface area contributed by atoms with Crippen molar-refractivity contribution in [1.29, 1.82) is 0 Å². The lowest BCUT2D eigenvalue weighted by Gasteiger charge is -2.22. The Labute approximate surface area is 69.8 Å². The molecule has 0 saturated carbocycles. The van der Waals surface area contributed by atoms with Gasteiger partial charge in [-0.2, -0.15) is 0 Å². The Kier molecular flexibility index (Phi) is 4.69. The Bertz CT molecular complexity index is 102. The number of hydrogen-bond donors (Lipinski definition) is 2. The SMILES string of the molecule is CCC(C)CCC(N)(O)CC. The zero-order valence-electron chi connectivity index (χ0n) is 7.93. The lowest BCUT2D eigenvalue weighted by Crippen LogP contribution is -2.38. The van der Waals surface area contributed by atoms with Crippen molar-refractivity contribution in [2.75, 3.05) is 0 Å². The second kappa shape index (κ2) is 4.73. The van der Waals surface area contributed by atoms with Gasteiger partial charge < -0.3 is 10.8 Å². The fourth-order valence-corrected chi connectivity index (χ4v) is 0.877. The van der Waals surface area contributed by atoms with Gasteiger partial charge in [-0.1, -0.05) is 27.2 Å². The molecular formula is C9H21NO. The van der Waals surface area contributed by atoms with Crippen molar-refractivity contribution in [2.24, 2.45) is 11.7 Å². The molecule has 0 aromatic heterocycles. The van der Waals surface area contributed by atoms with Crippen LogP contribution < -0.4 is 5.73 Å². The quantitative estimate of drug-likeness (QED) is 0.601. The van der Waals surface area contributed by atoms with E-state index in [0.29, 0.717) is 12.3 Å². The summed E-state index contributed by atoms with van der Waals surface area (Å²) in [5, 5.41) is 9.45. The average molecular weight is 159 g/mol. The maximum Gasteiger partial charge on any atom is 0.113 e. The van der Waals surface area contributed by atoms with Gasteiger partial charge in [-0.15, -0.1) is 0 Å². The fourth-order valence-electron chi connectivity index (χ4n) is 0.877. The van der Waals surface area contributed by atoms with E-state index in [-0.39, 0.29) is 0 Å². The largest absolute Gasteiger partial charge is 0.376 e. The van der Waals surface area contributed by atoms with Crippen LogP contribution in [0.25, 0.3) is 0 Å². The monoisotopic (exact) mass is 159 g/mol. The van der Waals surface area contributed by atoms with Crippen molar-refractivity contribution < 1.29 is 5.11 Å². The number of rotatable bonds is 5. The summed E-state index contributed by atoms with van der Waals surface area (Å²) < 4.78 is 0. The van der Waals surface area contributed by atoms with Gasteiger partial charge in [-0.25, -0.2) is 0 Å². The van der Waals surface area contributed by atoms with Crippen LogP contribution in [-0.4, -0.2) is 10.8 Å². The van der Waals surface area contributed by atoms with E-state index in [1.54, 1.807) is 0 Å². The minimum Gasteiger partial charge on any atom is -0.376 e. The van der Waals surface area contributed by atoms with Gasteiger partial charge in [-0.3, -0.25) is 0 Å². The van der Waals surface area contributed by atoms with Crippen molar-refractivity contribution in [1.82, 2.24) is 0 Å². The Morgan fingerprint density at radius 3 is 2.36 bits per heavy atom. The lowest BCUT2D eigenvalue weighted by molar-refractivity contribution is 0.0282. The summed E-state index contributed by atoms with van der Waals surface area (Å²) in [6, 6.07) is 0. The molecular weight excluding hydrogens is 138 g/mol. The molecule has 68 valence electrons. The van der Waals surface area contributed by atoms with E-state index in [1.807, 2.05) is 6.92 Å². The van der Waals surface area contributed by atoms with E-state index in [4.69, 9.17) is 5.73 Å². The van der Waals surface area contributed by atoms with E-state index < -0.39 is 5.72 Å². The second-order valence-corrected chi connectivity index (χ2v) is 3.51. The van der Waals surface area contributed by atoms with Crippen LogP contribution in [0.4, 0.5) is 0 Å². The maximum atomic E-state index is 9.45. The van der Waals surface area contributed by atoms with Crippen LogP contribution in [0.5, 0.6) is 0 Å². The first kappa shape index (κ1) is 10.9. The number of hydrogen-bond acceptors (Lipinski definition) is 2. The van der Waals surface area contributed by atoms with Crippen molar-refractivity contribution in [2.45, 2.75) is 52.2 Å². The first-order valence-corrected chi connectivity index (χ1v) is 4.53. The van der Waals surface area contributed by atoms with E-state index in [0.717, 1.165) is 12.8 Å². The summed E-state index contributed by atoms with van der Waals surface area (Å²) in [4.78, 5) is 0. The molecule has 0 bridgehead atoms. The van der Waals surface area contributed by atoms with E-state index in [1.165, 1.54) is 6.42 Å². The second-order valence-electron chi connectivity index (χ2n) is 3.51. The van der Waals surface area contributed by atoms with Crippen LogP contribution in [0, 0.1) is 5.92 Å². The molecule has 0 aromatic carbocycles. The molecule has 0 aliphatic heterocycles. The van der Waals surface area contributed by atoms with Crippen molar-refractivity contribution in [3.05, 3.63) is 0 Å². The summed E-state index contributed by atoms with van der Waals surface area (Å²) >= 11 is 0. The Morgan fingerprint density at radius 2 is 2.00 bits per heavy atom. The highest BCUT2D eigenvalue weighted by molar-refractivity contribution is 4.69. The Morgan fingerprint density at radius 1 is 1.45 bits per heavy atom. The van der Waals surface area contributed by atoms with Crippen molar-refractivity contribution >= 4 is 0 Å². The van der Waals surface area contributed by atoms with Gasteiger partial charge in [0.1, 0.15) is 5.72 Å². The number of aliphatic hydroxyl groups is 1. The highest BCUT2D eigenvalue weighted by Crippen LogP contribution is 2.16. The van der Waals surface area contributed by atoms with E-state index in [9.17, 15) is 5.11 Å². The topological polar surface area (TPSA) is 46.2 Å². The third kappa shape index (κ3) is 5.22. The number of nitrogens with two attached hydrogens (primary N) is 1. The molecule has 11 heavy (non-hydrogen) atoms. The minimum absolute atomic E-state index is 0.642. The molecule has 2 nitrogen and oxygen atoms in total. The fraction of sp³-hybridized carbons (Fsp3) is 1.00. The lowest BCUT2D eigenvalue weighted by atomic mass is 9.96. The summed E-state index contributed by atoms with van der Waals surface area (Å²) in [6.07, 6.45) is 3.55. The van der Waals surface area contributed by atoms with Crippen molar-refractivity contribution in [3.8, 4) is 0 Å². The van der Waals surface area contributed by atoms with Gasteiger partial charge in [-0.05, 0) is 25.2 Å². The third-order valence-corrected chi connectivity index (χ3v) is 2.38. The van der Waals surface area contributed by atoms with Crippen LogP contribution >= 0.6 is 0 Å². The molecule has 0 fully saturated rings. The summed E-state index contributed by atoms with van der Waals surface area (Å²) in [7, 11) is 0. The molecule has 0 spiro atoms. The van der Waals surface area contributed by atoms with Gasteiger partial charge in [0, 0.05) is 0 Å². The molecule has 2 heteroatoms. The average Bonchev–Trinajstić information content (AvgIpc) is 2.00. The minimum atomic E-state index is -0.927. The molecule has 0 aromatic rings. The molecule has 0 saturated heterocycles. The van der Waals surface area contributed by atoms with Gasteiger partial charge in [0.25, 0.3) is 0 Å². The predicted molar refractivity (Wildman–Crippen MR) is 48.1 cm³/mol. The van der Waals surface area contributed by atoms with Crippen molar-refractivity contribution in [3.63, 3.8) is 0 Å². The van der Waals surface area contributed by atoms with Gasteiger partial charge >= 0.3 is 0 Å². The molecule has 0 rings (SSSR count). The van der Waals surface area contributed by atoms with Crippen LogP contribution in [-0.2, 0) is 0 Å². The summed E-state index contributed by atoms with van der Waals surface area (Å²) in [6.45, 7) is 6.26. The molecule has 0 aliphatic carbocycles.